The van der Waals surface area contributed by atoms with Gasteiger partial charge in [-0.1, -0.05) is 102 Å². The minimum atomic E-state index is -0.664. The van der Waals surface area contributed by atoms with Crippen LogP contribution in [0.2, 0.25) is 0 Å². The van der Waals surface area contributed by atoms with Gasteiger partial charge in [0, 0.05) is 23.4 Å². The third-order valence-corrected chi connectivity index (χ3v) is 7.94. The van der Waals surface area contributed by atoms with Gasteiger partial charge in [0.25, 0.3) is 0 Å². The Bertz CT molecular complexity index is 1080. The van der Waals surface area contributed by atoms with Gasteiger partial charge in [0.15, 0.2) is 11.5 Å². The summed E-state index contributed by atoms with van der Waals surface area (Å²) in [5.74, 6) is 2.25. The van der Waals surface area contributed by atoms with Gasteiger partial charge in [0.2, 0.25) is 0 Å². The molecule has 2 unspecified atom stereocenters. The molecule has 2 aliphatic heterocycles. The van der Waals surface area contributed by atoms with E-state index in [2.05, 4.69) is 24.1 Å². The van der Waals surface area contributed by atoms with Crippen LogP contribution in [0.4, 0.5) is 4.79 Å². The monoisotopic (exact) mass is 489 g/mol. The maximum Gasteiger partial charge on any atom is 0.513 e. The minimum absolute atomic E-state index is 0.322. The number of aliphatic imine (C=N–C) groups is 1. The van der Waals surface area contributed by atoms with Gasteiger partial charge in [-0.3, -0.25) is 4.99 Å². The maximum atomic E-state index is 12.4. The number of unbranched alkanes of at least 4 members (excludes halogenated alkanes) is 11. The molecule has 2 atom stereocenters. The summed E-state index contributed by atoms with van der Waals surface area (Å²) in [6, 6.07) is 5.78. The molecule has 0 radical (unpaired) electrons. The predicted molar refractivity (Wildman–Crippen MR) is 143 cm³/mol. The number of hydrogen-bond donors (Lipinski definition) is 0. The molecule has 5 nitrogen and oxygen atoms in total. The maximum absolute atomic E-state index is 12.4. The quantitative estimate of drug-likeness (QED) is 0.150. The highest BCUT2D eigenvalue weighted by Gasteiger charge is 2.62. The van der Waals surface area contributed by atoms with Crippen LogP contribution in [0.25, 0.3) is 0 Å². The van der Waals surface area contributed by atoms with Crippen molar-refractivity contribution in [3.63, 3.8) is 0 Å². The third kappa shape index (κ3) is 5.02. The molecule has 0 bridgehead atoms. The molecular formula is C31H39NO4. The summed E-state index contributed by atoms with van der Waals surface area (Å²) in [6.45, 7) is 2.65. The first-order valence-electron chi connectivity index (χ1n) is 14.1. The minimum Gasteiger partial charge on any atom is -0.456 e. The molecule has 1 fully saturated rings. The summed E-state index contributed by atoms with van der Waals surface area (Å²) < 4.78 is 17.3. The van der Waals surface area contributed by atoms with Gasteiger partial charge in [0.1, 0.15) is 5.76 Å². The topological polar surface area (TPSA) is 57.1 Å². The summed E-state index contributed by atoms with van der Waals surface area (Å²) in [5, 5.41) is 0. The van der Waals surface area contributed by atoms with Crippen molar-refractivity contribution in [2.24, 2.45) is 10.9 Å². The standard InChI is InChI=1S/C31H39NO4/c1-2-3-4-5-6-7-8-9-10-11-12-13-20-34-30(33)35-27-18-15-17-24-29(27)36-28-19-14-16-23-22-32-26-21-25(26)31(23,24)28/h14-19,22,25H,2-13,20-21H2,1H3. The van der Waals surface area contributed by atoms with E-state index in [9.17, 15) is 4.79 Å². The molecule has 36 heavy (non-hydrogen) atoms. The van der Waals surface area contributed by atoms with Crippen LogP contribution in [0, 0.1) is 5.92 Å². The molecular weight excluding hydrogens is 450 g/mol. The lowest BCUT2D eigenvalue weighted by Gasteiger charge is -2.33. The van der Waals surface area contributed by atoms with Crippen LogP contribution in [0.3, 0.4) is 0 Å². The molecule has 1 aromatic rings. The fourth-order valence-corrected chi connectivity index (χ4v) is 5.94. The first-order valence-corrected chi connectivity index (χ1v) is 14.1. The van der Waals surface area contributed by atoms with Crippen molar-refractivity contribution in [2.75, 3.05) is 6.61 Å². The molecule has 192 valence electrons. The molecule has 2 heterocycles. The van der Waals surface area contributed by atoms with Crippen molar-refractivity contribution >= 4 is 11.9 Å². The van der Waals surface area contributed by atoms with Crippen LogP contribution in [0.1, 0.15) is 96.0 Å². The molecule has 0 saturated heterocycles. The number of benzene rings is 1. The SMILES string of the molecule is CCCCCCCCCCCCCCOC(=O)Oc1cccc2c1OC1=CC=CC3=CN=C4CC4C312. The Labute approximate surface area is 215 Å². The Morgan fingerprint density at radius 3 is 2.50 bits per heavy atom. The van der Waals surface area contributed by atoms with Crippen molar-refractivity contribution in [1.82, 2.24) is 0 Å². The van der Waals surface area contributed by atoms with Crippen molar-refractivity contribution < 1.29 is 19.0 Å². The van der Waals surface area contributed by atoms with Gasteiger partial charge in [-0.15, -0.1) is 0 Å². The smallest absolute Gasteiger partial charge is 0.456 e. The highest BCUT2D eigenvalue weighted by atomic mass is 16.7. The average Bonchev–Trinajstić information content (AvgIpc) is 3.61. The molecule has 2 aliphatic carbocycles. The second-order valence-corrected chi connectivity index (χ2v) is 10.5. The van der Waals surface area contributed by atoms with Crippen molar-refractivity contribution in [3.05, 3.63) is 59.5 Å². The number of allylic oxidation sites excluding steroid dienone is 4. The van der Waals surface area contributed by atoms with Crippen molar-refractivity contribution in [1.29, 1.82) is 0 Å². The Morgan fingerprint density at radius 2 is 1.75 bits per heavy atom. The number of fused-ring (bicyclic) bond motifs is 2. The van der Waals surface area contributed by atoms with Gasteiger partial charge in [0.05, 0.1) is 12.0 Å². The first kappa shape index (κ1) is 24.9. The number of ether oxygens (including phenoxy) is 3. The molecule has 4 aliphatic rings. The van der Waals surface area contributed by atoms with Gasteiger partial charge < -0.3 is 14.2 Å². The largest absolute Gasteiger partial charge is 0.513 e. The molecule has 1 saturated carbocycles. The van der Waals surface area contributed by atoms with Crippen LogP contribution in [0.5, 0.6) is 11.5 Å². The first-order chi connectivity index (χ1) is 17.7. The Kier molecular flexibility index (Phi) is 7.93. The number of hydrogen-bond acceptors (Lipinski definition) is 5. The number of nitrogens with zero attached hydrogens (tertiary/aromatic N) is 1. The molecule has 5 rings (SSSR count). The van der Waals surface area contributed by atoms with E-state index < -0.39 is 6.16 Å². The molecule has 1 aromatic carbocycles. The lowest BCUT2D eigenvalue weighted by Crippen LogP contribution is -2.34. The van der Waals surface area contributed by atoms with E-state index in [1.165, 1.54) is 69.9 Å². The molecule has 0 N–H and O–H groups in total. The van der Waals surface area contributed by atoms with Gasteiger partial charge in [-0.25, -0.2) is 4.79 Å². The Balaban J connectivity index is 1.03. The number of rotatable bonds is 14. The fourth-order valence-electron chi connectivity index (χ4n) is 5.94. The van der Waals surface area contributed by atoms with Gasteiger partial charge in [-0.05, 0) is 30.6 Å². The lowest BCUT2D eigenvalue weighted by atomic mass is 9.67. The molecule has 0 amide bonds. The normalized spacial score (nSPS) is 22.2. The second kappa shape index (κ2) is 11.5. The summed E-state index contributed by atoms with van der Waals surface area (Å²) in [6.07, 6.45) is 23.7. The van der Waals surface area contributed by atoms with Crippen LogP contribution < -0.4 is 9.47 Å². The molecule has 0 aromatic heterocycles. The summed E-state index contributed by atoms with van der Waals surface area (Å²) in [4.78, 5) is 17.0. The van der Waals surface area contributed by atoms with E-state index in [1.54, 1.807) is 6.07 Å². The van der Waals surface area contributed by atoms with Crippen LogP contribution in [-0.2, 0) is 10.2 Å². The highest BCUT2D eigenvalue weighted by molar-refractivity contribution is 6.06. The van der Waals surface area contributed by atoms with Crippen LogP contribution in [-0.4, -0.2) is 18.5 Å². The third-order valence-electron chi connectivity index (χ3n) is 7.94. The lowest BCUT2D eigenvalue weighted by molar-refractivity contribution is 0.0963. The number of carbonyl (C=O) groups is 1. The van der Waals surface area contributed by atoms with E-state index in [4.69, 9.17) is 14.2 Å². The fraction of sp³-hybridized carbons (Fsp3) is 0.548. The van der Waals surface area contributed by atoms with Crippen molar-refractivity contribution in [2.45, 2.75) is 95.8 Å². The Morgan fingerprint density at radius 1 is 1.03 bits per heavy atom. The number of carbonyl (C=O) groups excluding carboxylic acids is 1. The molecule has 5 heteroatoms. The summed E-state index contributed by atoms with van der Waals surface area (Å²) in [7, 11) is 0. The van der Waals surface area contributed by atoms with Gasteiger partial charge in [-0.2, -0.15) is 0 Å². The molecule has 1 spiro atoms. The van der Waals surface area contributed by atoms with E-state index in [0.717, 1.165) is 36.2 Å². The summed E-state index contributed by atoms with van der Waals surface area (Å²) >= 11 is 0. The van der Waals surface area contributed by atoms with E-state index in [1.807, 2.05) is 24.4 Å². The zero-order valence-corrected chi connectivity index (χ0v) is 21.6. The van der Waals surface area contributed by atoms with E-state index >= 15 is 0 Å². The Hall–Kier alpha value is -2.82. The zero-order valence-electron chi connectivity index (χ0n) is 21.6. The van der Waals surface area contributed by atoms with Crippen LogP contribution >= 0.6 is 0 Å². The summed E-state index contributed by atoms with van der Waals surface area (Å²) in [5.41, 5.74) is 3.06. The highest BCUT2D eigenvalue weighted by Crippen LogP contribution is 2.64. The van der Waals surface area contributed by atoms with Crippen LogP contribution in [0.15, 0.2) is 59.0 Å². The predicted octanol–water partition coefficient (Wildman–Crippen LogP) is 8.35. The van der Waals surface area contributed by atoms with Crippen molar-refractivity contribution in [3.8, 4) is 11.5 Å². The van der Waals surface area contributed by atoms with E-state index in [0.29, 0.717) is 24.0 Å². The average molecular weight is 490 g/mol. The number of para-hydroxylation sites is 1. The van der Waals surface area contributed by atoms with Gasteiger partial charge >= 0.3 is 6.16 Å². The zero-order chi connectivity index (χ0) is 24.8. The van der Waals surface area contributed by atoms with E-state index in [-0.39, 0.29) is 5.41 Å². The second-order valence-electron chi connectivity index (χ2n) is 10.5.